The molecule has 0 spiro atoms. The molecule has 1 atom stereocenters. The van der Waals surface area contributed by atoms with Crippen molar-refractivity contribution in [2.24, 2.45) is 11.7 Å². The molecule has 7 heteroatoms. The average Bonchev–Trinajstić information content (AvgIpc) is 2.23. The molecular formula is C11H28N4O2S. The topological polar surface area (TPSA) is 78.7 Å². The smallest absolute Gasteiger partial charge is 0.279 e. The quantitative estimate of drug-likeness (QED) is 0.607. The van der Waals surface area contributed by atoms with Crippen molar-refractivity contribution in [2.45, 2.75) is 26.3 Å². The minimum atomic E-state index is -3.42. The second kappa shape index (κ2) is 8.06. The second-order valence-electron chi connectivity index (χ2n) is 5.20. The highest BCUT2D eigenvalue weighted by atomic mass is 32.2. The number of hydrogen-bond donors (Lipinski definition) is 2. The van der Waals surface area contributed by atoms with Crippen LogP contribution in [0.1, 0.15) is 20.3 Å². The largest absolute Gasteiger partial charge is 0.330 e. The second-order valence-corrected chi connectivity index (χ2v) is 7.01. The highest BCUT2D eigenvalue weighted by molar-refractivity contribution is 7.87. The fourth-order valence-corrected chi connectivity index (χ4v) is 2.77. The van der Waals surface area contributed by atoms with Crippen LogP contribution in [-0.2, 0) is 10.2 Å². The molecule has 1 unspecified atom stereocenters. The minimum Gasteiger partial charge on any atom is -0.330 e. The first-order chi connectivity index (χ1) is 8.20. The molecule has 0 rings (SSSR count). The van der Waals surface area contributed by atoms with Crippen LogP contribution in [0.2, 0.25) is 0 Å². The molecule has 0 saturated heterocycles. The van der Waals surface area contributed by atoms with Crippen molar-refractivity contribution in [3.8, 4) is 0 Å². The van der Waals surface area contributed by atoms with Gasteiger partial charge in [-0.05, 0) is 33.0 Å². The van der Waals surface area contributed by atoms with E-state index in [1.54, 1.807) is 7.05 Å². The molecule has 3 N–H and O–H groups in total. The van der Waals surface area contributed by atoms with Crippen LogP contribution in [0, 0.1) is 5.92 Å². The van der Waals surface area contributed by atoms with Crippen LogP contribution in [0.3, 0.4) is 0 Å². The van der Waals surface area contributed by atoms with Gasteiger partial charge in [-0.1, -0.05) is 13.8 Å². The van der Waals surface area contributed by atoms with Crippen molar-refractivity contribution in [2.75, 3.05) is 40.8 Å². The molecule has 0 aliphatic rings. The summed E-state index contributed by atoms with van der Waals surface area (Å²) in [5.41, 5.74) is 5.39. The molecule has 0 heterocycles. The molecule has 110 valence electrons. The van der Waals surface area contributed by atoms with Gasteiger partial charge in [-0.15, -0.1) is 0 Å². The fourth-order valence-electron chi connectivity index (χ4n) is 1.49. The molecule has 0 radical (unpaired) electrons. The van der Waals surface area contributed by atoms with Crippen LogP contribution in [0.25, 0.3) is 0 Å². The Bertz CT molecular complexity index is 317. The maximum atomic E-state index is 12.1. The number of hydrogen-bond acceptors (Lipinski definition) is 4. The van der Waals surface area contributed by atoms with Gasteiger partial charge in [-0.25, -0.2) is 0 Å². The molecule has 0 aromatic carbocycles. The average molecular weight is 280 g/mol. The summed E-state index contributed by atoms with van der Waals surface area (Å²) < 4.78 is 28.2. The normalized spacial score (nSPS) is 14.7. The zero-order valence-corrected chi connectivity index (χ0v) is 13.0. The van der Waals surface area contributed by atoms with Crippen LogP contribution < -0.4 is 10.5 Å². The summed E-state index contributed by atoms with van der Waals surface area (Å²) >= 11 is 0. The van der Waals surface area contributed by atoms with E-state index in [1.807, 2.05) is 32.8 Å². The summed E-state index contributed by atoms with van der Waals surface area (Å²) in [6.07, 6.45) is 0.664. The van der Waals surface area contributed by atoms with E-state index < -0.39 is 10.2 Å². The van der Waals surface area contributed by atoms with Crippen LogP contribution in [-0.4, -0.2) is 64.4 Å². The van der Waals surface area contributed by atoms with Gasteiger partial charge in [0.25, 0.3) is 10.2 Å². The van der Waals surface area contributed by atoms with E-state index in [1.165, 1.54) is 4.31 Å². The van der Waals surface area contributed by atoms with Crippen molar-refractivity contribution in [3.63, 3.8) is 0 Å². The molecule has 0 aromatic heterocycles. The Balaban J connectivity index is 4.59. The maximum absolute atomic E-state index is 12.1. The standard InChI is InChI=1S/C11H28N4O2S/c1-10(2)11(9-14(3)4)13-18(16,17)15(5)8-6-7-12/h10-11,13H,6-9,12H2,1-5H3. The summed E-state index contributed by atoms with van der Waals surface area (Å²) in [7, 11) is 2.02. The predicted octanol–water partition coefficient (Wildman–Crippen LogP) is -0.312. The van der Waals surface area contributed by atoms with Gasteiger partial charge in [-0.2, -0.15) is 17.4 Å². The summed E-state index contributed by atoms with van der Waals surface area (Å²) in [4.78, 5) is 1.98. The summed E-state index contributed by atoms with van der Waals surface area (Å²) in [6, 6.07) is -0.0923. The van der Waals surface area contributed by atoms with Crippen molar-refractivity contribution in [1.82, 2.24) is 13.9 Å². The van der Waals surface area contributed by atoms with Gasteiger partial charge in [0.2, 0.25) is 0 Å². The van der Waals surface area contributed by atoms with Gasteiger partial charge < -0.3 is 10.6 Å². The van der Waals surface area contributed by atoms with Crippen LogP contribution >= 0.6 is 0 Å². The zero-order valence-electron chi connectivity index (χ0n) is 12.2. The maximum Gasteiger partial charge on any atom is 0.279 e. The Morgan fingerprint density at radius 3 is 2.17 bits per heavy atom. The van der Waals surface area contributed by atoms with Gasteiger partial charge in [0.05, 0.1) is 0 Å². The van der Waals surface area contributed by atoms with Crippen molar-refractivity contribution in [1.29, 1.82) is 0 Å². The van der Waals surface area contributed by atoms with E-state index in [0.29, 0.717) is 26.1 Å². The third kappa shape index (κ3) is 6.65. The Morgan fingerprint density at radius 1 is 1.22 bits per heavy atom. The number of nitrogens with two attached hydrogens (primary N) is 1. The number of rotatable bonds is 9. The molecule has 0 aromatic rings. The van der Waals surface area contributed by atoms with Gasteiger partial charge in [0, 0.05) is 26.2 Å². The summed E-state index contributed by atoms with van der Waals surface area (Å²) in [5.74, 6) is 0.241. The number of likely N-dealkylation sites (N-methyl/N-ethyl adjacent to an activating group) is 1. The van der Waals surface area contributed by atoms with E-state index in [2.05, 4.69) is 4.72 Å². The molecule has 0 aliphatic heterocycles. The molecule has 6 nitrogen and oxygen atoms in total. The minimum absolute atomic E-state index is 0.0923. The molecule has 0 aliphatic carbocycles. The van der Waals surface area contributed by atoms with Crippen LogP contribution in [0.4, 0.5) is 0 Å². The molecular weight excluding hydrogens is 252 g/mol. The lowest BCUT2D eigenvalue weighted by atomic mass is 10.1. The molecule has 0 bridgehead atoms. The summed E-state index contributed by atoms with van der Waals surface area (Å²) in [5, 5.41) is 0. The highest BCUT2D eigenvalue weighted by Gasteiger charge is 2.24. The Hall–Kier alpha value is -0.210. The number of nitrogens with zero attached hydrogens (tertiary/aromatic N) is 2. The zero-order chi connectivity index (χ0) is 14.3. The SMILES string of the molecule is CC(C)C(CN(C)C)NS(=O)(=O)N(C)CCCN. The lowest BCUT2D eigenvalue weighted by Crippen LogP contribution is -2.49. The Kier molecular flexibility index (Phi) is 7.97. The predicted molar refractivity (Wildman–Crippen MR) is 75.5 cm³/mol. The first-order valence-electron chi connectivity index (χ1n) is 6.29. The molecule has 0 saturated carbocycles. The number of nitrogens with one attached hydrogen (secondary N) is 1. The molecule has 18 heavy (non-hydrogen) atoms. The van der Waals surface area contributed by atoms with Crippen molar-refractivity contribution in [3.05, 3.63) is 0 Å². The van der Waals surface area contributed by atoms with Crippen LogP contribution in [0.15, 0.2) is 0 Å². The Labute approximate surface area is 112 Å². The monoisotopic (exact) mass is 280 g/mol. The summed E-state index contributed by atoms with van der Waals surface area (Å²) in [6.45, 7) is 5.64. The van der Waals surface area contributed by atoms with Gasteiger partial charge >= 0.3 is 0 Å². The van der Waals surface area contributed by atoms with Crippen LogP contribution in [0.5, 0.6) is 0 Å². The Morgan fingerprint density at radius 2 is 1.78 bits per heavy atom. The molecule has 0 amide bonds. The highest BCUT2D eigenvalue weighted by Crippen LogP contribution is 2.06. The molecule has 0 fully saturated rings. The van der Waals surface area contributed by atoms with E-state index in [9.17, 15) is 8.42 Å². The van der Waals surface area contributed by atoms with Gasteiger partial charge in [0.1, 0.15) is 0 Å². The first-order valence-corrected chi connectivity index (χ1v) is 7.73. The third-order valence-corrected chi connectivity index (χ3v) is 4.36. The van der Waals surface area contributed by atoms with E-state index in [-0.39, 0.29) is 12.0 Å². The van der Waals surface area contributed by atoms with E-state index in [4.69, 9.17) is 5.73 Å². The van der Waals surface area contributed by atoms with E-state index in [0.717, 1.165) is 0 Å². The van der Waals surface area contributed by atoms with Gasteiger partial charge in [0.15, 0.2) is 0 Å². The lowest BCUT2D eigenvalue weighted by Gasteiger charge is -2.27. The van der Waals surface area contributed by atoms with Crippen molar-refractivity contribution >= 4 is 10.2 Å². The van der Waals surface area contributed by atoms with Crippen molar-refractivity contribution < 1.29 is 8.42 Å². The fraction of sp³-hybridized carbons (Fsp3) is 1.00. The first kappa shape index (κ1) is 17.8. The van der Waals surface area contributed by atoms with E-state index >= 15 is 0 Å². The lowest BCUT2D eigenvalue weighted by molar-refractivity contribution is 0.309. The van der Waals surface area contributed by atoms with Gasteiger partial charge in [-0.3, -0.25) is 0 Å². The third-order valence-electron chi connectivity index (χ3n) is 2.75.